The normalized spacial score (nSPS) is 16.6. The maximum absolute atomic E-state index is 12.5. The molecule has 2 aromatic carbocycles. The Kier molecular flexibility index (Phi) is 5.28. The number of nitrogens with one attached hydrogen (secondary N) is 1. The van der Waals surface area contributed by atoms with Gasteiger partial charge < -0.3 is 15.0 Å². The van der Waals surface area contributed by atoms with Gasteiger partial charge in [0, 0.05) is 54.4 Å². The Bertz CT molecular complexity index is 962. The molecule has 3 aromatic rings. The molecule has 1 amide bonds. The van der Waals surface area contributed by atoms with Crippen LogP contribution in [-0.4, -0.2) is 27.0 Å². The number of aromatic nitrogens is 1. The van der Waals surface area contributed by atoms with E-state index >= 15 is 0 Å². The van der Waals surface area contributed by atoms with E-state index in [1.54, 1.807) is 12.1 Å². The van der Waals surface area contributed by atoms with Gasteiger partial charge in [0.25, 0.3) is 5.91 Å². The molecular weight excluding hydrogens is 350 g/mol. The Hall–Kier alpha value is -2.89. The lowest BCUT2D eigenvalue weighted by atomic mass is 10.1. The third kappa shape index (κ3) is 3.72. The van der Waals surface area contributed by atoms with Crippen molar-refractivity contribution in [3.8, 4) is 0 Å². The monoisotopic (exact) mass is 375 g/mol. The van der Waals surface area contributed by atoms with Crippen LogP contribution in [-0.2, 0) is 19.7 Å². The van der Waals surface area contributed by atoms with Crippen molar-refractivity contribution in [2.75, 3.05) is 11.9 Å². The zero-order chi connectivity index (χ0) is 19.5. The minimum absolute atomic E-state index is 0.104. The minimum Gasteiger partial charge on any atom is -0.392 e. The predicted octanol–water partition coefficient (Wildman–Crippen LogP) is 3.81. The largest absolute Gasteiger partial charge is 0.392 e. The SMILES string of the molecule is C[C@@H]1c2cccn2CCN1Cc1ccc(C(=O)Nc2ccccc2CO)cc1. The highest BCUT2D eigenvalue weighted by molar-refractivity contribution is 6.04. The first-order valence-corrected chi connectivity index (χ1v) is 9.64. The predicted molar refractivity (Wildman–Crippen MR) is 110 cm³/mol. The molecule has 0 spiro atoms. The quantitative estimate of drug-likeness (QED) is 0.713. The summed E-state index contributed by atoms with van der Waals surface area (Å²) in [7, 11) is 0. The lowest BCUT2D eigenvalue weighted by molar-refractivity contribution is 0.102. The number of amides is 1. The van der Waals surface area contributed by atoms with Crippen molar-refractivity contribution in [2.24, 2.45) is 0 Å². The van der Waals surface area contributed by atoms with Crippen LogP contribution in [0.3, 0.4) is 0 Å². The van der Waals surface area contributed by atoms with Crippen molar-refractivity contribution in [3.05, 3.63) is 89.2 Å². The van der Waals surface area contributed by atoms with E-state index in [2.05, 4.69) is 40.0 Å². The lowest BCUT2D eigenvalue weighted by Gasteiger charge is -2.34. The zero-order valence-electron chi connectivity index (χ0n) is 16.0. The third-order valence-corrected chi connectivity index (χ3v) is 5.51. The molecule has 4 rings (SSSR count). The van der Waals surface area contributed by atoms with Crippen LogP contribution in [0.1, 0.15) is 40.1 Å². The molecular formula is C23H25N3O2. The summed E-state index contributed by atoms with van der Waals surface area (Å²) >= 11 is 0. The van der Waals surface area contributed by atoms with Crippen LogP contribution in [0.5, 0.6) is 0 Å². The Morgan fingerprint density at radius 2 is 1.86 bits per heavy atom. The van der Waals surface area contributed by atoms with Crippen LogP contribution in [0.2, 0.25) is 0 Å². The van der Waals surface area contributed by atoms with E-state index in [-0.39, 0.29) is 12.5 Å². The highest BCUT2D eigenvalue weighted by atomic mass is 16.3. The van der Waals surface area contributed by atoms with E-state index < -0.39 is 0 Å². The summed E-state index contributed by atoms with van der Waals surface area (Å²) in [6, 6.07) is 19.7. The number of para-hydroxylation sites is 1. The van der Waals surface area contributed by atoms with Crippen molar-refractivity contribution in [2.45, 2.75) is 32.7 Å². The summed E-state index contributed by atoms with van der Waals surface area (Å²) in [4.78, 5) is 15.0. The van der Waals surface area contributed by atoms with Gasteiger partial charge in [-0.15, -0.1) is 0 Å². The van der Waals surface area contributed by atoms with Gasteiger partial charge in [0.05, 0.1) is 6.61 Å². The van der Waals surface area contributed by atoms with E-state index in [0.29, 0.717) is 22.9 Å². The summed E-state index contributed by atoms with van der Waals surface area (Å²) in [5.41, 5.74) is 4.50. The second kappa shape index (κ2) is 8.00. The van der Waals surface area contributed by atoms with Gasteiger partial charge in [-0.1, -0.05) is 30.3 Å². The Morgan fingerprint density at radius 3 is 2.64 bits per heavy atom. The molecule has 144 valence electrons. The standard InChI is InChI=1S/C23H25N3O2/c1-17-22-7-4-12-25(22)13-14-26(17)15-18-8-10-19(11-9-18)23(28)24-21-6-3-2-5-20(21)16-27/h2-12,17,27H,13-16H2,1H3,(H,24,28)/t17-/m1/s1. The number of aliphatic hydroxyl groups excluding tert-OH is 1. The fourth-order valence-electron chi connectivity index (χ4n) is 3.81. The van der Waals surface area contributed by atoms with Crippen LogP contribution < -0.4 is 5.32 Å². The lowest BCUT2D eigenvalue weighted by Crippen LogP contribution is -2.35. The number of carbonyl (C=O) groups is 1. The number of nitrogens with zero attached hydrogens (tertiary/aromatic N) is 2. The molecule has 1 atom stereocenters. The number of rotatable bonds is 5. The van der Waals surface area contributed by atoms with Gasteiger partial charge in [-0.25, -0.2) is 0 Å². The van der Waals surface area contributed by atoms with Crippen molar-refractivity contribution < 1.29 is 9.90 Å². The van der Waals surface area contributed by atoms with Gasteiger partial charge in [-0.3, -0.25) is 9.69 Å². The highest BCUT2D eigenvalue weighted by Gasteiger charge is 2.23. The average molecular weight is 375 g/mol. The molecule has 0 saturated heterocycles. The molecule has 5 heteroatoms. The molecule has 28 heavy (non-hydrogen) atoms. The number of carbonyl (C=O) groups excluding carboxylic acids is 1. The summed E-state index contributed by atoms with van der Waals surface area (Å²) < 4.78 is 2.32. The number of hydrogen-bond acceptors (Lipinski definition) is 3. The second-order valence-electron chi connectivity index (χ2n) is 7.24. The van der Waals surface area contributed by atoms with Crippen LogP contribution in [0, 0.1) is 0 Å². The fourth-order valence-corrected chi connectivity index (χ4v) is 3.81. The Labute approximate surface area is 165 Å². The van der Waals surface area contributed by atoms with Gasteiger partial charge >= 0.3 is 0 Å². The number of aliphatic hydroxyl groups is 1. The molecule has 2 N–H and O–H groups in total. The summed E-state index contributed by atoms with van der Waals surface area (Å²) in [5.74, 6) is -0.170. The maximum Gasteiger partial charge on any atom is 0.255 e. The molecule has 0 bridgehead atoms. The third-order valence-electron chi connectivity index (χ3n) is 5.51. The summed E-state index contributed by atoms with van der Waals surface area (Å²) in [6.45, 7) is 5.03. The zero-order valence-corrected chi connectivity index (χ0v) is 16.0. The molecule has 1 aliphatic rings. The van der Waals surface area contributed by atoms with Crippen LogP contribution in [0.4, 0.5) is 5.69 Å². The van der Waals surface area contributed by atoms with Crippen molar-refractivity contribution >= 4 is 11.6 Å². The van der Waals surface area contributed by atoms with E-state index in [4.69, 9.17) is 0 Å². The van der Waals surface area contributed by atoms with Gasteiger partial charge in [0.1, 0.15) is 0 Å². The van der Waals surface area contributed by atoms with E-state index in [1.807, 2.05) is 36.4 Å². The first-order chi connectivity index (χ1) is 13.7. The number of hydrogen-bond donors (Lipinski definition) is 2. The second-order valence-corrected chi connectivity index (χ2v) is 7.24. The van der Waals surface area contributed by atoms with E-state index in [0.717, 1.165) is 19.6 Å². The Balaban J connectivity index is 1.42. The molecule has 0 aliphatic carbocycles. The summed E-state index contributed by atoms with van der Waals surface area (Å²) in [5, 5.41) is 12.3. The topological polar surface area (TPSA) is 57.5 Å². The van der Waals surface area contributed by atoms with Gasteiger partial charge in [0.2, 0.25) is 0 Å². The Morgan fingerprint density at radius 1 is 1.07 bits per heavy atom. The van der Waals surface area contributed by atoms with Crippen LogP contribution in [0.15, 0.2) is 66.9 Å². The maximum atomic E-state index is 12.5. The fraction of sp³-hybridized carbons (Fsp3) is 0.261. The average Bonchev–Trinajstić information content (AvgIpc) is 3.21. The van der Waals surface area contributed by atoms with Crippen LogP contribution >= 0.6 is 0 Å². The van der Waals surface area contributed by atoms with Crippen LogP contribution in [0.25, 0.3) is 0 Å². The molecule has 2 heterocycles. The van der Waals surface area contributed by atoms with Crippen molar-refractivity contribution in [3.63, 3.8) is 0 Å². The molecule has 0 saturated carbocycles. The molecule has 1 aromatic heterocycles. The van der Waals surface area contributed by atoms with Gasteiger partial charge in [-0.2, -0.15) is 0 Å². The highest BCUT2D eigenvalue weighted by Crippen LogP contribution is 2.27. The van der Waals surface area contributed by atoms with Gasteiger partial charge in [0.15, 0.2) is 0 Å². The molecule has 5 nitrogen and oxygen atoms in total. The first-order valence-electron chi connectivity index (χ1n) is 9.64. The van der Waals surface area contributed by atoms with E-state index in [9.17, 15) is 9.90 Å². The number of fused-ring (bicyclic) bond motifs is 1. The van der Waals surface area contributed by atoms with Gasteiger partial charge in [-0.05, 0) is 42.8 Å². The smallest absolute Gasteiger partial charge is 0.255 e. The minimum atomic E-state index is -0.170. The summed E-state index contributed by atoms with van der Waals surface area (Å²) in [6.07, 6.45) is 2.14. The molecule has 1 aliphatic heterocycles. The molecule has 0 unspecified atom stereocenters. The number of anilines is 1. The molecule has 0 fully saturated rings. The number of benzene rings is 2. The van der Waals surface area contributed by atoms with Crippen molar-refractivity contribution in [1.82, 2.24) is 9.47 Å². The molecule has 0 radical (unpaired) electrons. The first kappa shape index (κ1) is 18.5. The van der Waals surface area contributed by atoms with E-state index in [1.165, 1.54) is 11.3 Å². The van der Waals surface area contributed by atoms with Crippen molar-refractivity contribution in [1.29, 1.82) is 0 Å².